The van der Waals surface area contributed by atoms with Crippen molar-refractivity contribution in [1.29, 1.82) is 0 Å². The number of likely N-dealkylation sites (N-methyl/N-ethyl adjacent to an activating group) is 1. The summed E-state index contributed by atoms with van der Waals surface area (Å²) in [6, 6.07) is 3.73. The lowest BCUT2D eigenvalue weighted by Crippen LogP contribution is -2.35. The van der Waals surface area contributed by atoms with Crippen molar-refractivity contribution in [3.8, 4) is 5.75 Å². The van der Waals surface area contributed by atoms with Gasteiger partial charge in [-0.2, -0.15) is 0 Å². The van der Waals surface area contributed by atoms with Crippen LogP contribution in [0.25, 0.3) is 0 Å². The molecule has 0 saturated heterocycles. The first-order chi connectivity index (χ1) is 8.97. The molecule has 1 atom stereocenters. The molecule has 1 rings (SSSR count). The van der Waals surface area contributed by atoms with Crippen molar-refractivity contribution in [2.75, 3.05) is 13.7 Å². The monoisotopic (exact) mass is 332 g/mol. The molecule has 19 heavy (non-hydrogen) atoms. The number of nitro benzene ring substituents is 1. The number of hydrogen-bond acceptors (Lipinski definition) is 5. The second kappa shape index (κ2) is 7.05. The van der Waals surface area contributed by atoms with Crippen LogP contribution >= 0.6 is 15.9 Å². The van der Waals surface area contributed by atoms with E-state index < -0.39 is 16.9 Å². The highest BCUT2D eigenvalue weighted by atomic mass is 79.9. The third-order valence-corrected chi connectivity index (χ3v) is 3.07. The Balaban J connectivity index is 2.72. The minimum Gasteiger partial charge on any atom is -0.486 e. The van der Waals surface area contributed by atoms with Crippen LogP contribution < -0.4 is 10.1 Å². The number of benzene rings is 1. The normalized spacial score (nSPS) is 11.9. The molecule has 0 bridgehead atoms. The summed E-state index contributed by atoms with van der Waals surface area (Å²) in [5.74, 6) is -0.888. The molecule has 7 nitrogen and oxygen atoms in total. The van der Waals surface area contributed by atoms with Gasteiger partial charge in [0.2, 0.25) is 5.75 Å². The van der Waals surface area contributed by atoms with E-state index in [9.17, 15) is 14.9 Å². The van der Waals surface area contributed by atoms with E-state index in [0.717, 1.165) is 0 Å². The number of carboxylic acid groups (broad SMARTS) is 1. The van der Waals surface area contributed by atoms with Crippen LogP contribution in [0.2, 0.25) is 0 Å². The van der Waals surface area contributed by atoms with E-state index in [1.807, 2.05) is 0 Å². The number of para-hydroxylation sites is 1. The van der Waals surface area contributed by atoms with Gasteiger partial charge in [-0.05, 0) is 29.0 Å². The fourth-order valence-electron chi connectivity index (χ4n) is 1.45. The van der Waals surface area contributed by atoms with Gasteiger partial charge >= 0.3 is 11.7 Å². The van der Waals surface area contributed by atoms with Gasteiger partial charge in [0.25, 0.3) is 0 Å². The van der Waals surface area contributed by atoms with Crippen LogP contribution in [-0.2, 0) is 4.79 Å². The highest BCUT2D eigenvalue weighted by Crippen LogP contribution is 2.34. The van der Waals surface area contributed by atoms with Crippen molar-refractivity contribution < 1.29 is 19.6 Å². The molecule has 0 heterocycles. The highest BCUT2D eigenvalue weighted by molar-refractivity contribution is 9.10. The van der Waals surface area contributed by atoms with E-state index in [4.69, 9.17) is 9.84 Å². The minimum atomic E-state index is -0.993. The molecule has 1 unspecified atom stereocenters. The average molecular weight is 333 g/mol. The molecule has 0 aliphatic carbocycles. The van der Waals surface area contributed by atoms with E-state index in [2.05, 4.69) is 21.2 Å². The predicted molar refractivity (Wildman–Crippen MR) is 71.4 cm³/mol. The number of aliphatic carboxylic acids is 1. The zero-order chi connectivity index (χ0) is 14.4. The van der Waals surface area contributed by atoms with E-state index >= 15 is 0 Å². The van der Waals surface area contributed by atoms with Crippen LogP contribution in [0.1, 0.15) is 6.42 Å². The second-order valence-corrected chi connectivity index (χ2v) is 4.52. The maximum atomic E-state index is 10.8. The molecule has 0 fully saturated rings. The number of ether oxygens (including phenoxy) is 1. The third kappa shape index (κ3) is 4.18. The molecule has 0 aliphatic rings. The molecule has 1 aromatic carbocycles. The Morgan fingerprint density at radius 3 is 2.84 bits per heavy atom. The maximum absolute atomic E-state index is 10.8. The van der Waals surface area contributed by atoms with E-state index in [-0.39, 0.29) is 24.5 Å². The van der Waals surface area contributed by atoms with E-state index in [1.165, 1.54) is 19.2 Å². The zero-order valence-electron chi connectivity index (χ0n) is 10.1. The molecule has 1 aromatic rings. The Labute approximate surface area is 117 Å². The number of hydrogen-bond donors (Lipinski definition) is 2. The molecule has 0 aliphatic heterocycles. The van der Waals surface area contributed by atoms with Crippen LogP contribution in [0.15, 0.2) is 22.7 Å². The van der Waals surface area contributed by atoms with Crippen LogP contribution in [0.4, 0.5) is 5.69 Å². The number of nitrogens with one attached hydrogen (secondary N) is 1. The van der Waals surface area contributed by atoms with E-state index in [1.54, 1.807) is 6.07 Å². The van der Waals surface area contributed by atoms with Gasteiger partial charge in [0.1, 0.15) is 6.04 Å². The fourth-order valence-corrected chi connectivity index (χ4v) is 1.92. The largest absolute Gasteiger partial charge is 0.486 e. The molecule has 0 aromatic heterocycles. The van der Waals surface area contributed by atoms with Gasteiger partial charge in [-0.1, -0.05) is 6.07 Å². The summed E-state index contributed by atoms with van der Waals surface area (Å²) < 4.78 is 5.78. The molecular weight excluding hydrogens is 320 g/mol. The SMILES string of the molecule is CNC(CCOc1c(Br)cccc1[N+](=O)[O-])C(=O)O. The first-order valence-corrected chi connectivity index (χ1v) is 6.22. The molecule has 0 radical (unpaired) electrons. The molecule has 0 spiro atoms. The number of nitro groups is 1. The van der Waals surface area contributed by atoms with Crippen molar-refractivity contribution >= 4 is 27.6 Å². The Bertz CT molecular complexity index is 480. The lowest BCUT2D eigenvalue weighted by molar-refractivity contribution is -0.386. The number of carboxylic acids is 1. The third-order valence-electron chi connectivity index (χ3n) is 2.44. The summed E-state index contributed by atoms with van der Waals surface area (Å²) in [4.78, 5) is 21.1. The Hall–Kier alpha value is -1.67. The number of carbonyl (C=O) groups is 1. The van der Waals surface area contributed by atoms with Crippen molar-refractivity contribution in [2.24, 2.45) is 0 Å². The van der Waals surface area contributed by atoms with Gasteiger partial charge in [0.05, 0.1) is 16.0 Å². The Kier molecular flexibility index (Phi) is 5.71. The summed E-state index contributed by atoms with van der Waals surface area (Å²) in [5, 5.41) is 22.3. The molecular formula is C11H13BrN2O5. The number of nitrogens with zero attached hydrogens (tertiary/aromatic N) is 1. The molecule has 0 saturated carbocycles. The van der Waals surface area contributed by atoms with Crippen molar-refractivity contribution in [1.82, 2.24) is 5.32 Å². The van der Waals surface area contributed by atoms with Crippen LogP contribution in [-0.4, -0.2) is 35.7 Å². The first kappa shape index (κ1) is 15.4. The summed E-state index contributed by atoms with van der Waals surface area (Å²) in [5.41, 5.74) is -0.161. The second-order valence-electron chi connectivity index (χ2n) is 3.66. The summed E-state index contributed by atoms with van der Waals surface area (Å²) in [6.07, 6.45) is 0.199. The number of rotatable bonds is 7. The Morgan fingerprint density at radius 1 is 1.63 bits per heavy atom. The summed E-state index contributed by atoms with van der Waals surface area (Å²) in [7, 11) is 1.53. The van der Waals surface area contributed by atoms with Crippen molar-refractivity contribution in [2.45, 2.75) is 12.5 Å². The lowest BCUT2D eigenvalue weighted by atomic mass is 10.2. The van der Waals surface area contributed by atoms with Crippen LogP contribution in [0.5, 0.6) is 5.75 Å². The van der Waals surface area contributed by atoms with Crippen molar-refractivity contribution in [3.63, 3.8) is 0 Å². The quantitative estimate of drug-likeness (QED) is 0.583. The smallest absolute Gasteiger partial charge is 0.320 e. The van der Waals surface area contributed by atoms with E-state index in [0.29, 0.717) is 4.47 Å². The standard InChI is InChI=1S/C11H13BrN2O5/c1-13-8(11(15)16)5-6-19-10-7(12)3-2-4-9(10)14(17)18/h2-4,8,13H,5-6H2,1H3,(H,15,16). The fraction of sp³-hybridized carbons (Fsp3) is 0.364. The number of halogens is 1. The lowest BCUT2D eigenvalue weighted by Gasteiger charge is -2.12. The van der Waals surface area contributed by atoms with Crippen LogP contribution in [0, 0.1) is 10.1 Å². The van der Waals surface area contributed by atoms with Gasteiger partial charge in [-0.15, -0.1) is 0 Å². The van der Waals surface area contributed by atoms with Gasteiger partial charge < -0.3 is 15.2 Å². The maximum Gasteiger partial charge on any atom is 0.320 e. The molecule has 8 heteroatoms. The summed E-state index contributed by atoms with van der Waals surface area (Å²) >= 11 is 3.17. The minimum absolute atomic E-state index is 0.0568. The molecule has 0 amide bonds. The molecule has 2 N–H and O–H groups in total. The topological polar surface area (TPSA) is 102 Å². The molecule has 104 valence electrons. The van der Waals surface area contributed by atoms with Gasteiger partial charge in [0, 0.05) is 12.5 Å². The average Bonchev–Trinajstić information content (AvgIpc) is 2.35. The van der Waals surface area contributed by atoms with Crippen LogP contribution in [0.3, 0.4) is 0 Å². The highest BCUT2D eigenvalue weighted by Gasteiger charge is 2.19. The van der Waals surface area contributed by atoms with Crippen molar-refractivity contribution in [3.05, 3.63) is 32.8 Å². The zero-order valence-corrected chi connectivity index (χ0v) is 11.7. The van der Waals surface area contributed by atoms with Gasteiger partial charge in [0.15, 0.2) is 0 Å². The predicted octanol–water partition coefficient (Wildman–Crippen LogP) is 1.80. The van der Waals surface area contributed by atoms with Gasteiger partial charge in [-0.25, -0.2) is 0 Å². The first-order valence-electron chi connectivity index (χ1n) is 5.43. The summed E-state index contributed by atoms with van der Waals surface area (Å²) in [6.45, 7) is 0.0568. The Morgan fingerprint density at radius 2 is 2.32 bits per heavy atom. The van der Waals surface area contributed by atoms with Gasteiger partial charge in [-0.3, -0.25) is 14.9 Å².